The monoisotopic (exact) mass is 287 g/mol. The van der Waals surface area contributed by atoms with Gasteiger partial charge >= 0.3 is 0 Å². The van der Waals surface area contributed by atoms with Crippen molar-refractivity contribution in [3.63, 3.8) is 0 Å². The lowest BCUT2D eigenvalue weighted by Gasteiger charge is -2.52. The standard InChI is InChI=1S/C16H33NO3/c1-7-18-15(19-8-2)10-17-13-9-14(16(13,5)6)20-11-12(3)4/h12-15,17H,7-11H2,1-6H3. The molecule has 0 amide bonds. The number of ether oxygens (including phenoxy) is 3. The third-order valence-corrected chi connectivity index (χ3v) is 4.04. The second-order valence-corrected chi connectivity index (χ2v) is 6.57. The highest BCUT2D eigenvalue weighted by atomic mass is 16.7. The van der Waals surface area contributed by atoms with E-state index in [4.69, 9.17) is 14.2 Å². The number of hydrogen-bond acceptors (Lipinski definition) is 4. The lowest BCUT2D eigenvalue weighted by molar-refractivity contribution is -0.151. The van der Waals surface area contributed by atoms with E-state index in [-0.39, 0.29) is 11.7 Å². The van der Waals surface area contributed by atoms with Crippen LogP contribution in [-0.4, -0.2) is 44.8 Å². The zero-order chi connectivity index (χ0) is 15.2. The summed E-state index contributed by atoms with van der Waals surface area (Å²) >= 11 is 0. The molecule has 1 saturated carbocycles. The van der Waals surface area contributed by atoms with Gasteiger partial charge in [-0.25, -0.2) is 0 Å². The Morgan fingerprint density at radius 3 is 2.20 bits per heavy atom. The predicted octanol–water partition coefficient (Wildman–Crippen LogP) is 2.81. The predicted molar refractivity (Wildman–Crippen MR) is 81.8 cm³/mol. The van der Waals surface area contributed by atoms with Gasteiger partial charge < -0.3 is 19.5 Å². The molecule has 0 aromatic heterocycles. The summed E-state index contributed by atoms with van der Waals surface area (Å²) < 4.78 is 17.1. The average Bonchev–Trinajstić information content (AvgIpc) is 2.36. The molecule has 0 aliphatic heterocycles. The normalized spacial score (nSPS) is 25.2. The first kappa shape index (κ1) is 17.9. The minimum atomic E-state index is -0.142. The van der Waals surface area contributed by atoms with E-state index >= 15 is 0 Å². The fourth-order valence-electron chi connectivity index (χ4n) is 2.60. The Kier molecular flexibility index (Phi) is 7.45. The number of hydrogen-bond donors (Lipinski definition) is 1. The van der Waals surface area contributed by atoms with Gasteiger partial charge in [0.25, 0.3) is 0 Å². The second-order valence-electron chi connectivity index (χ2n) is 6.57. The quantitative estimate of drug-likeness (QED) is 0.627. The third kappa shape index (κ3) is 4.99. The highest BCUT2D eigenvalue weighted by Crippen LogP contribution is 2.42. The van der Waals surface area contributed by atoms with Gasteiger partial charge in [0.2, 0.25) is 0 Å². The van der Waals surface area contributed by atoms with Gasteiger partial charge in [-0.3, -0.25) is 0 Å². The Bertz CT molecular complexity index is 262. The van der Waals surface area contributed by atoms with Crippen LogP contribution in [0.3, 0.4) is 0 Å². The van der Waals surface area contributed by atoms with E-state index in [1.165, 1.54) is 0 Å². The first-order valence-corrected chi connectivity index (χ1v) is 7.99. The van der Waals surface area contributed by atoms with Crippen LogP contribution in [-0.2, 0) is 14.2 Å². The summed E-state index contributed by atoms with van der Waals surface area (Å²) in [5.41, 5.74) is 0.178. The van der Waals surface area contributed by atoms with Gasteiger partial charge in [-0.1, -0.05) is 27.7 Å². The van der Waals surface area contributed by atoms with Crippen LogP contribution < -0.4 is 5.32 Å². The average molecular weight is 287 g/mol. The highest BCUT2D eigenvalue weighted by Gasteiger charge is 2.48. The summed E-state index contributed by atoms with van der Waals surface area (Å²) in [5.74, 6) is 0.595. The van der Waals surface area contributed by atoms with Gasteiger partial charge in [0.1, 0.15) is 0 Å². The van der Waals surface area contributed by atoms with E-state index < -0.39 is 0 Å². The van der Waals surface area contributed by atoms with Gasteiger partial charge in [0.05, 0.1) is 6.10 Å². The number of rotatable bonds is 10. The molecular weight excluding hydrogens is 254 g/mol. The molecule has 0 saturated heterocycles. The molecule has 4 nitrogen and oxygen atoms in total. The summed E-state index contributed by atoms with van der Waals surface area (Å²) in [4.78, 5) is 0. The van der Waals surface area contributed by atoms with Crippen molar-refractivity contribution in [3.8, 4) is 0 Å². The van der Waals surface area contributed by atoms with Crippen LogP contribution in [0.25, 0.3) is 0 Å². The molecule has 1 aliphatic rings. The van der Waals surface area contributed by atoms with Gasteiger partial charge in [-0.2, -0.15) is 0 Å². The summed E-state index contributed by atoms with van der Waals surface area (Å²) in [5, 5.41) is 3.57. The summed E-state index contributed by atoms with van der Waals surface area (Å²) in [7, 11) is 0. The Balaban J connectivity index is 2.31. The molecule has 1 N–H and O–H groups in total. The molecule has 0 spiro atoms. The van der Waals surface area contributed by atoms with Crippen LogP contribution in [0.2, 0.25) is 0 Å². The molecule has 1 fully saturated rings. The molecule has 0 radical (unpaired) electrons. The third-order valence-electron chi connectivity index (χ3n) is 4.04. The molecule has 20 heavy (non-hydrogen) atoms. The van der Waals surface area contributed by atoms with Crippen molar-refractivity contribution in [2.75, 3.05) is 26.4 Å². The summed E-state index contributed by atoms with van der Waals surface area (Å²) in [6.07, 6.45) is 1.29. The lowest BCUT2D eigenvalue weighted by Crippen LogP contribution is -2.62. The fraction of sp³-hybridized carbons (Fsp3) is 1.00. The molecule has 4 heteroatoms. The van der Waals surface area contributed by atoms with Crippen molar-refractivity contribution < 1.29 is 14.2 Å². The maximum Gasteiger partial charge on any atom is 0.169 e. The van der Waals surface area contributed by atoms with Crippen LogP contribution in [0.5, 0.6) is 0 Å². The Morgan fingerprint density at radius 1 is 1.15 bits per heavy atom. The second kappa shape index (κ2) is 8.32. The Hall–Kier alpha value is -0.160. The van der Waals surface area contributed by atoms with Crippen LogP contribution in [0, 0.1) is 11.3 Å². The lowest BCUT2D eigenvalue weighted by atomic mass is 9.64. The van der Waals surface area contributed by atoms with E-state index in [9.17, 15) is 0 Å². The van der Waals surface area contributed by atoms with Crippen LogP contribution in [0.4, 0.5) is 0 Å². The van der Waals surface area contributed by atoms with E-state index in [1.807, 2.05) is 13.8 Å². The van der Waals surface area contributed by atoms with E-state index in [1.54, 1.807) is 0 Å². The minimum absolute atomic E-state index is 0.142. The van der Waals surface area contributed by atoms with Crippen molar-refractivity contribution in [2.45, 2.75) is 66.4 Å². The molecular formula is C16H33NO3. The first-order valence-electron chi connectivity index (χ1n) is 7.99. The highest BCUT2D eigenvalue weighted by molar-refractivity contribution is 5.02. The van der Waals surface area contributed by atoms with Crippen LogP contribution in [0.15, 0.2) is 0 Å². The topological polar surface area (TPSA) is 39.7 Å². The number of nitrogens with one attached hydrogen (secondary N) is 1. The van der Waals surface area contributed by atoms with E-state index in [0.29, 0.717) is 31.3 Å². The Morgan fingerprint density at radius 2 is 1.75 bits per heavy atom. The van der Waals surface area contributed by atoms with Crippen molar-refractivity contribution in [1.82, 2.24) is 5.32 Å². The fourth-order valence-corrected chi connectivity index (χ4v) is 2.60. The van der Waals surface area contributed by atoms with E-state index in [0.717, 1.165) is 19.6 Å². The van der Waals surface area contributed by atoms with E-state index in [2.05, 4.69) is 33.0 Å². The molecule has 0 aromatic carbocycles. The largest absolute Gasteiger partial charge is 0.377 e. The van der Waals surface area contributed by atoms with Gasteiger partial charge in [-0.15, -0.1) is 0 Å². The van der Waals surface area contributed by atoms with Gasteiger partial charge in [-0.05, 0) is 26.2 Å². The maximum absolute atomic E-state index is 5.98. The molecule has 1 aliphatic carbocycles. The molecule has 1 rings (SSSR count). The first-order chi connectivity index (χ1) is 9.41. The zero-order valence-corrected chi connectivity index (χ0v) is 14.1. The molecule has 0 heterocycles. The molecule has 120 valence electrons. The smallest absolute Gasteiger partial charge is 0.169 e. The van der Waals surface area contributed by atoms with Crippen molar-refractivity contribution >= 4 is 0 Å². The minimum Gasteiger partial charge on any atom is -0.377 e. The molecule has 2 atom stereocenters. The molecule has 2 unspecified atom stereocenters. The summed E-state index contributed by atoms with van der Waals surface area (Å²) in [6.45, 7) is 15.9. The zero-order valence-electron chi connectivity index (χ0n) is 14.1. The van der Waals surface area contributed by atoms with Gasteiger partial charge in [0, 0.05) is 37.8 Å². The van der Waals surface area contributed by atoms with Crippen molar-refractivity contribution in [3.05, 3.63) is 0 Å². The molecule has 0 aromatic rings. The van der Waals surface area contributed by atoms with Crippen LogP contribution in [0.1, 0.15) is 48.0 Å². The summed E-state index contributed by atoms with van der Waals surface area (Å²) in [6, 6.07) is 0.475. The van der Waals surface area contributed by atoms with Gasteiger partial charge in [0.15, 0.2) is 6.29 Å². The van der Waals surface area contributed by atoms with Crippen molar-refractivity contribution in [1.29, 1.82) is 0 Å². The van der Waals surface area contributed by atoms with Crippen LogP contribution >= 0.6 is 0 Å². The molecule has 0 bridgehead atoms. The SMILES string of the molecule is CCOC(CNC1CC(OCC(C)C)C1(C)C)OCC. The Labute approximate surface area is 124 Å². The maximum atomic E-state index is 5.98. The van der Waals surface area contributed by atoms with Crippen molar-refractivity contribution in [2.24, 2.45) is 11.3 Å².